The molecular formula is C21H34O3. The van der Waals surface area contributed by atoms with Crippen molar-refractivity contribution in [3.05, 3.63) is 35.9 Å². The van der Waals surface area contributed by atoms with E-state index in [1.165, 1.54) is 56.9 Å². The van der Waals surface area contributed by atoms with Crippen molar-refractivity contribution < 1.29 is 14.2 Å². The Morgan fingerprint density at radius 2 is 1.83 bits per heavy atom. The van der Waals surface area contributed by atoms with Gasteiger partial charge in [0.2, 0.25) is 0 Å². The predicted octanol–water partition coefficient (Wildman–Crippen LogP) is 5.33. The fourth-order valence-electron chi connectivity index (χ4n) is 3.54. The molecule has 136 valence electrons. The van der Waals surface area contributed by atoms with Gasteiger partial charge in [-0.25, -0.2) is 0 Å². The summed E-state index contributed by atoms with van der Waals surface area (Å²) in [6.07, 6.45) is 12.4. The van der Waals surface area contributed by atoms with Gasteiger partial charge in [-0.15, -0.1) is 0 Å². The van der Waals surface area contributed by atoms with Crippen molar-refractivity contribution in [2.45, 2.75) is 70.5 Å². The van der Waals surface area contributed by atoms with Gasteiger partial charge in [-0.3, -0.25) is 0 Å². The van der Waals surface area contributed by atoms with E-state index in [1.807, 2.05) is 18.2 Å². The Balaban J connectivity index is 1.60. The average Bonchev–Trinajstić information content (AvgIpc) is 2.64. The quantitative estimate of drug-likeness (QED) is 0.382. The van der Waals surface area contributed by atoms with Crippen molar-refractivity contribution in [1.29, 1.82) is 0 Å². The number of ether oxygens (including phenoxy) is 3. The molecule has 1 aliphatic rings. The number of hydrogen-bond donors (Lipinski definition) is 0. The van der Waals surface area contributed by atoms with Crippen LogP contribution in [0.4, 0.5) is 0 Å². The molecular weight excluding hydrogens is 300 g/mol. The molecule has 1 aliphatic carbocycles. The van der Waals surface area contributed by atoms with Crippen molar-refractivity contribution in [2.24, 2.45) is 5.92 Å². The van der Waals surface area contributed by atoms with E-state index in [-0.39, 0.29) is 6.10 Å². The lowest BCUT2D eigenvalue weighted by molar-refractivity contribution is -0.102. The van der Waals surface area contributed by atoms with Crippen LogP contribution in [0.5, 0.6) is 0 Å². The summed E-state index contributed by atoms with van der Waals surface area (Å²) >= 11 is 0. The summed E-state index contributed by atoms with van der Waals surface area (Å²) in [5.74, 6) is 0.978. The highest BCUT2D eigenvalue weighted by Crippen LogP contribution is 2.28. The third kappa shape index (κ3) is 8.27. The second-order valence-corrected chi connectivity index (χ2v) is 6.98. The minimum Gasteiger partial charge on any atom is -0.374 e. The molecule has 0 spiro atoms. The smallest absolute Gasteiger partial charge is 0.146 e. The first-order chi connectivity index (χ1) is 11.9. The molecule has 1 aromatic carbocycles. The number of unbranched alkanes of at least 4 members (excludes halogenated alkanes) is 1. The van der Waals surface area contributed by atoms with Gasteiger partial charge >= 0.3 is 0 Å². The van der Waals surface area contributed by atoms with Crippen molar-refractivity contribution in [3.63, 3.8) is 0 Å². The first kappa shape index (κ1) is 19.4. The van der Waals surface area contributed by atoms with Gasteiger partial charge in [-0.2, -0.15) is 0 Å². The minimum absolute atomic E-state index is 0.139. The van der Waals surface area contributed by atoms with Gasteiger partial charge < -0.3 is 14.2 Å². The second-order valence-electron chi connectivity index (χ2n) is 6.98. The van der Waals surface area contributed by atoms with E-state index in [4.69, 9.17) is 14.2 Å². The van der Waals surface area contributed by atoms with Crippen molar-refractivity contribution in [3.8, 4) is 0 Å². The molecule has 3 nitrogen and oxygen atoms in total. The van der Waals surface area contributed by atoms with E-state index in [0.29, 0.717) is 20.0 Å². The lowest BCUT2D eigenvalue weighted by Gasteiger charge is -2.22. The molecule has 1 saturated carbocycles. The molecule has 0 heterocycles. The van der Waals surface area contributed by atoms with E-state index in [1.54, 1.807) is 7.11 Å². The second kappa shape index (κ2) is 12.5. The summed E-state index contributed by atoms with van der Waals surface area (Å²) in [7, 11) is 1.67. The van der Waals surface area contributed by atoms with Crippen LogP contribution in [0.15, 0.2) is 30.3 Å². The third-order valence-electron chi connectivity index (χ3n) is 4.95. The molecule has 0 amide bonds. The Kier molecular flexibility index (Phi) is 10.1. The van der Waals surface area contributed by atoms with Crippen LogP contribution in [-0.4, -0.2) is 26.6 Å². The Morgan fingerprint density at radius 3 is 2.58 bits per heavy atom. The molecule has 0 N–H and O–H groups in total. The van der Waals surface area contributed by atoms with Gasteiger partial charge in [0.05, 0.1) is 19.3 Å². The summed E-state index contributed by atoms with van der Waals surface area (Å²) < 4.78 is 16.7. The molecule has 0 radical (unpaired) electrons. The zero-order valence-corrected chi connectivity index (χ0v) is 15.3. The SMILES string of the molecule is COCOC(CCCCC1CCCCC1)COCc1ccccc1. The van der Waals surface area contributed by atoms with Crippen LogP contribution in [0.25, 0.3) is 0 Å². The van der Waals surface area contributed by atoms with Gasteiger partial charge in [-0.05, 0) is 17.9 Å². The maximum Gasteiger partial charge on any atom is 0.146 e. The maximum absolute atomic E-state index is 5.85. The topological polar surface area (TPSA) is 27.7 Å². The molecule has 0 aromatic heterocycles. The molecule has 1 aromatic rings. The Hall–Kier alpha value is -0.900. The van der Waals surface area contributed by atoms with Gasteiger partial charge in [0.15, 0.2) is 0 Å². The summed E-state index contributed by atoms with van der Waals surface area (Å²) in [6.45, 7) is 1.64. The first-order valence-electron chi connectivity index (χ1n) is 9.60. The summed E-state index contributed by atoms with van der Waals surface area (Å²) in [5.41, 5.74) is 1.21. The van der Waals surface area contributed by atoms with E-state index in [9.17, 15) is 0 Å². The molecule has 0 saturated heterocycles. The molecule has 1 unspecified atom stereocenters. The van der Waals surface area contributed by atoms with Crippen LogP contribution in [0, 0.1) is 5.92 Å². The maximum atomic E-state index is 5.85. The number of hydrogen-bond acceptors (Lipinski definition) is 3. The van der Waals surface area contributed by atoms with Crippen LogP contribution in [0.1, 0.15) is 63.4 Å². The van der Waals surface area contributed by atoms with E-state index < -0.39 is 0 Å². The van der Waals surface area contributed by atoms with Crippen LogP contribution in [-0.2, 0) is 20.8 Å². The molecule has 1 fully saturated rings. The molecule has 2 rings (SSSR count). The molecule has 1 atom stereocenters. The van der Waals surface area contributed by atoms with Gasteiger partial charge in [0, 0.05) is 7.11 Å². The average molecular weight is 334 g/mol. The predicted molar refractivity (Wildman–Crippen MR) is 97.9 cm³/mol. The van der Waals surface area contributed by atoms with Crippen LogP contribution in [0.3, 0.4) is 0 Å². The van der Waals surface area contributed by atoms with Crippen LogP contribution in [0.2, 0.25) is 0 Å². The zero-order chi connectivity index (χ0) is 16.9. The van der Waals surface area contributed by atoms with Crippen molar-refractivity contribution in [2.75, 3.05) is 20.5 Å². The van der Waals surface area contributed by atoms with Crippen LogP contribution < -0.4 is 0 Å². The largest absolute Gasteiger partial charge is 0.374 e. The van der Waals surface area contributed by atoms with Crippen molar-refractivity contribution >= 4 is 0 Å². The van der Waals surface area contributed by atoms with Crippen LogP contribution >= 0.6 is 0 Å². The Morgan fingerprint density at radius 1 is 1.04 bits per heavy atom. The Labute approximate surface area is 147 Å². The Bertz CT molecular complexity index is 401. The lowest BCUT2D eigenvalue weighted by Crippen LogP contribution is -2.21. The standard InChI is InChI=1S/C21H34O3/c1-22-18-24-21(17-23-16-20-13-6-3-7-14-20)15-9-8-12-19-10-4-2-5-11-19/h3,6-7,13-14,19,21H,2,4-5,8-12,15-18H2,1H3. The monoisotopic (exact) mass is 334 g/mol. The zero-order valence-electron chi connectivity index (χ0n) is 15.3. The van der Waals surface area contributed by atoms with E-state index in [2.05, 4.69) is 12.1 Å². The highest BCUT2D eigenvalue weighted by Gasteiger charge is 2.14. The van der Waals surface area contributed by atoms with Crippen molar-refractivity contribution in [1.82, 2.24) is 0 Å². The minimum atomic E-state index is 0.139. The molecule has 0 bridgehead atoms. The normalized spacial score (nSPS) is 17.0. The van der Waals surface area contributed by atoms with Gasteiger partial charge in [-0.1, -0.05) is 81.7 Å². The summed E-state index contributed by atoms with van der Waals surface area (Å²) in [6, 6.07) is 10.3. The third-order valence-corrected chi connectivity index (χ3v) is 4.95. The van der Waals surface area contributed by atoms with E-state index in [0.717, 1.165) is 12.3 Å². The fraction of sp³-hybridized carbons (Fsp3) is 0.714. The summed E-state index contributed by atoms with van der Waals surface area (Å²) in [5, 5.41) is 0. The summed E-state index contributed by atoms with van der Waals surface area (Å²) in [4.78, 5) is 0. The van der Waals surface area contributed by atoms with E-state index >= 15 is 0 Å². The molecule has 0 aliphatic heterocycles. The molecule has 24 heavy (non-hydrogen) atoms. The van der Waals surface area contributed by atoms with Gasteiger partial charge in [0.25, 0.3) is 0 Å². The van der Waals surface area contributed by atoms with Gasteiger partial charge in [0.1, 0.15) is 6.79 Å². The number of methoxy groups -OCH3 is 1. The first-order valence-corrected chi connectivity index (χ1v) is 9.60. The highest BCUT2D eigenvalue weighted by atomic mass is 16.7. The lowest BCUT2D eigenvalue weighted by atomic mass is 9.85. The molecule has 3 heteroatoms. The highest BCUT2D eigenvalue weighted by molar-refractivity contribution is 5.13. The number of rotatable bonds is 12. The number of benzene rings is 1. The fourth-order valence-corrected chi connectivity index (χ4v) is 3.54.